The summed E-state index contributed by atoms with van der Waals surface area (Å²) in [5.41, 5.74) is 5.04. The van der Waals surface area contributed by atoms with E-state index in [-0.39, 0.29) is 36.0 Å². The van der Waals surface area contributed by atoms with Crippen molar-refractivity contribution in [3.05, 3.63) is 89.7 Å². The van der Waals surface area contributed by atoms with Crippen molar-refractivity contribution in [3.8, 4) is 11.1 Å². The number of esters is 1. The zero-order valence-electron chi connectivity index (χ0n) is 15.8. The highest BCUT2D eigenvalue weighted by Crippen LogP contribution is 2.20. The normalized spacial score (nSPS) is 10.2. The Hall–Kier alpha value is -2.50. The minimum Gasteiger partial charge on any atom is -1.00 e. The van der Waals surface area contributed by atoms with Crippen LogP contribution in [0.15, 0.2) is 73.1 Å². The van der Waals surface area contributed by atoms with Gasteiger partial charge in [-0.3, -0.25) is 4.79 Å². The molecule has 1 aromatic heterocycles. The van der Waals surface area contributed by atoms with E-state index in [0.29, 0.717) is 6.61 Å². The van der Waals surface area contributed by atoms with E-state index >= 15 is 0 Å². The van der Waals surface area contributed by atoms with Crippen molar-refractivity contribution < 1.29 is 36.2 Å². The summed E-state index contributed by atoms with van der Waals surface area (Å²) in [5.74, 6) is -0.225. The van der Waals surface area contributed by atoms with Crippen molar-refractivity contribution in [2.45, 2.75) is 26.5 Å². The molecule has 2 aromatic carbocycles. The quantitative estimate of drug-likeness (QED) is 0.423. The monoisotopic (exact) mass is 441 g/mol. The van der Waals surface area contributed by atoms with Gasteiger partial charge in [-0.25, -0.2) is 0 Å². The smallest absolute Gasteiger partial charge is 0.310 e. The number of carbonyl (C=O) groups excluding carboxylic acids is 1. The van der Waals surface area contributed by atoms with E-state index in [1.807, 2.05) is 61.7 Å². The summed E-state index contributed by atoms with van der Waals surface area (Å²) in [6, 6.07) is 20.0. The van der Waals surface area contributed by atoms with E-state index in [2.05, 4.69) is 22.9 Å². The fraction of sp³-hybridized carbons (Fsp3) is 0.217. The standard InChI is InChI=1S/C23H24NO3.BrH/c1-2-27-23(26)13-20-12-22(21-10-8-19(17-25)9-11-21)16-24(15-20)14-18-6-4-3-5-7-18;/h3-12,15-16,25H,2,13-14,17H2,1H3;1H/q+1;/p-1. The lowest BCUT2D eigenvalue weighted by atomic mass is 10.0. The van der Waals surface area contributed by atoms with E-state index in [4.69, 9.17) is 4.74 Å². The first kappa shape index (κ1) is 21.8. The number of benzene rings is 2. The summed E-state index contributed by atoms with van der Waals surface area (Å²) in [5, 5.41) is 9.25. The summed E-state index contributed by atoms with van der Waals surface area (Å²) in [4.78, 5) is 12.0. The molecule has 28 heavy (non-hydrogen) atoms. The number of aromatic nitrogens is 1. The lowest BCUT2D eigenvalue weighted by molar-refractivity contribution is -0.688. The molecule has 0 amide bonds. The molecule has 0 aliphatic carbocycles. The van der Waals surface area contributed by atoms with Crippen LogP contribution >= 0.6 is 0 Å². The van der Waals surface area contributed by atoms with Crippen molar-refractivity contribution in [1.82, 2.24) is 0 Å². The van der Waals surface area contributed by atoms with Gasteiger partial charge in [-0.15, -0.1) is 0 Å². The fourth-order valence-electron chi connectivity index (χ4n) is 3.02. The number of aliphatic hydroxyl groups is 1. The van der Waals surface area contributed by atoms with Gasteiger partial charge in [0.25, 0.3) is 0 Å². The van der Waals surface area contributed by atoms with Gasteiger partial charge in [0.2, 0.25) is 0 Å². The molecule has 146 valence electrons. The first-order chi connectivity index (χ1) is 13.2. The molecular weight excluding hydrogens is 418 g/mol. The number of nitrogens with zero attached hydrogens (tertiary/aromatic N) is 1. The Kier molecular flexibility index (Phi) is 8.36. The number of halogens is 1. The highest BCUT2D eigenvalue weighted by Gasteiger charge is 2.13. The fourth-order valence-corrected chi connectivity index (χ4v) is 3.02. The largest absolute Gasteiger partial charge is 1.00 e. The summed E-state index contributed by atoms with van der Waals surface area (Å²) in [7, 11) is 0. The Morgan fingerprint density at radius 1 is 0.929 bits per heavy atom. The molecule has 0 saturated carbocycles. The minimum absolute atomic E-state index is 0. The molecule has 0 fully saturated rings. The number of ether oxygens (including phenoxy) is 1. The van der Waals surface area contributed by atoms with Gasteiger partial charge in [0, 0.05) is 16.7 Å². The first-order valence-corrected chi connectivity index (χ1v) is 9.10. The molecule has 3 rings (SSSR count). The second kappa shape index (κ2) is 10.7. The second-order valence-corrected chi connectivity index (χ2v) is 6.43. The average molecular weight is 442 g/mol. The molecular formula is C23H24BrNO3. The Labute approximate surface area is 176 Å². The molecule has 0 spiro atoms. The lowest BCUT2D eigenvalue weighted by Gasteiger charge is -2.07. The third kappa shape index (κ3) is 6.01. The van der Waals surface area contributed by atoms with Crippen LogP contribution in [0.5, 0.6) is 0 Å². The van der Waals surface area contributed by atoms with Crippen LogP contribution in [-0.2, 0) is 29.1 Å². The molecule has 0 aliphatic heterocycles. The highest BCUT2D eigenvalue weighted by atomic mass is 79.9. The van der Waals surface area contributed by atoms with Crippen molar-refractivity contribution in [1.29, 1.82) is 0 Å². The molecule has 1 heterocycles. The van der Waals surface area contributed by atoms with E-state index in [1.54, 1.807) is 0 Å². The summed E-state index contributed by atoms with van der Waals surface area (Å²) >= 11 is 0. The predicted octanol–water partition coefficient (Wildman–Crippen LogP) is 0.291. The van der Waals surface area contributed by atoms with Gasteiger partial charge in [-0.1, -0.05) is 54.6 Å². The SMILES string of the molecule is CCOC(=O)Cc1cc(-c2ccc(CO)cc2)c[n+](Cc2ccccc2)c1.[Br-]. The van der Waals surface area contributed by atoms with Crippen molar-refractivity contribution in [2.24, 2.45) is 0 Å². The van der Waals surface area contributed by atoms with E-state index in [0.717, 1.165) is 28.8 Å². The number of aliphatic hydroxyl groups excluding tert-OH is 1. The highest BCUT2D eigenvalue weighted by molar-refractivity contribution is 5.73. The summed E-state index contributed by atoms with van der Waals surface area (Å²) in [6.07, 6.45) is 4.32. The molecule has 0 saturated heterocycles. The third-order valence-corrected chi connectivity index (χ3v) is 4.31. The van der Waals surface area contributed by atoms with Gasteiger partial charge in [-0.2, -0.15) is 4.57 Å². The van der Waals surface area contributed by atoms with Crippen LogP contribution in [0.1, 0.15) is 23.6 Å². The number of hydrogen-bond acceptors (Lipinski definition) is 3. The third-order valence-electron chi connectivity index (χ3n) is 4.31. The predicted molar refractivity (Wildman–Crippen MR) is 104 cm³/mol. The van der Waals surface area contributed by atoms with Gasteiger partial charge in [0.1, 0.15) is 0 Å². The Morgan fingerprint density at radius 3 is 2.29 bits per heavy atom. The van der Waals surface area contributed by atoms with Crippen LogP contribution < -0.4 is 21.5 Å². The Morgan fingerprint density at radius 2 is 1.64 bits per heavy atom. The van der Waals surface area contributed by atoms with Gasteiger partial charge in [-0.05, 0) is 24.1 Å². The summed E-state index contributed by atoms with van der Waals surface area (Å²) < 4.78 is 7.20. The van der Waals surface area contributed by atoms with Crippen molar-refractivity contribution in [3.63, 3.8) is 0 Å². The topological polar surface area (TPSA) is 50.4 Å². The molecule has 0 atom stereocenters. The lowest BCUT2D eigenvalue weighted by Crippen LogP contribution is -3.00. The van der Waals surface area contributed by atoms with Crippen molar-refractivity contribution in [2.75, 3.05) is 6.61 Å². The Bertz CT molecular complexity index is 895. The first-order valence-electron chi connectivity index (χ1n) is 9.10. The maximum absolute atomic E-state index is 12.0. The van der Waals surface area contributed by atoms with Crippen LogP contribution in [0.3, 0.4) is 0 Å². The van der Waals surface area contributed by atoms with Gasteiger partial charge >= 0.3 is 5.97 Å². The van der Waals surface area contributed by atoms with E-state index in [1.165, 1.54) is 5.56 Å². The minimum atomic E-state index is -0.225. The van der Waals surface area contributed by atoms with E-state index in [9.17, 15) is 9.90 Å². The number of pyridine rings is 1. The van der Waals surface area contributed by atoms with Crippen LogP contribution in [0.4, 0.5) is 0 Å². The maximum atomic E-state index is 12.0. The van der Waals surface area contributed by atoms with Crippen LogP contribution in [0.25, 0.3) is 11.1 Å². The molecule has 0 unspecified atom stereocenters. The molecule has 3 aromatic rings. The average Bonchev–Trinajstić information content (AvgIpc) is 2.69. The van der Waals surface area contributed by atoms with Gasteiger partial charge < -0.3 is 26.8 Å². The second-order valence-electron chi connectivity index (χ2n) is 6.43. The van der Waals surface area contributed by atoms with E-state index < -0.39 is 0 Å². The zero-order valence-corrected chi connectivity index (χ0v) is 17.4. The maximum Gasteiger partial charge on any atom is 0.310 e. The summed E-state index contributed by atoms with van der Waals surface area (Å²) in [6.45, 7) is 2.94. The number of carbonyl (C=O) groups is 1. The zero-order chi connectivity index (χ0) is 19.1. The van der Waals surface area contributed by atoms with Gasteiger partial charge in [0.05, 0.1) is 19.6 Å². The number of rotatable bonds is 7. The molecule has 0 bridgehead atoms. The van der Waals surface area contributed by atoms with Crippen LogP contribution in [-0.4, -0.2) is 17.7 Å². The molecule has 0 aliphatic rings. The van der Waals surface area contributed by atoms with Crippen LogP contribution in [0.2, 0.25) is 0 Å². The molecule has 0 radical (unpaired) electrons. The molecule has 4 nitrogen and oxygen atoms in total. The van der Waals surface area contributed by atoms with Crippen LogP contribution in [0, 0.1) is 0 Å². The molecule has 1 N–H and O–H groups in total. The van der Waals surface area contributed by atoms with Crippen molar-refractivity contribution >= 4 is 5.97 Å². The van der Waals surface area contributed by atoms with Gasteiger partial charge in [0.15, 0.2) is 18.9 Å². The Balaban J connectivity index is 0.00000280. The molecule has 5 heteroatoms. The number of hydrogen-bond donors (Lipinski definition) is 1.